The van der Waals surface area contributed by atoms with Crippen LogP contribution in [-0.2, 0) is 10.2 Å². The van der Waals surface area contributed by atoms with E-state index in [1.165, 1.54) is 10.1 Å². The predicted octanol–water partition coefficient (Wildman–Crippen LogP) is 5.62. The SMILES string of the molecule is Cc1ncc(-c2ccc3c(c2)N(c2ccc4ccsc4c2)C(=O)C3(C)C)cn1. The third kappa shape index (κ3) is 2.47. The first-order valence-corrected chi connectivity index (χ1v) is 10.1. The van der Waals surface area contributed by atoms with E-state index < -0.39 is 5.41 Å². The summed E-state index contributed by atoms with van der Waals surface area (Å²) < 4.78 is 1.18. The van der Waals surface area contributed by atoms with Gasteiger partial charge in [-0.25, -0.2) is 9.97 Å². The van der Waals surface area contributed by atoms with Gasteiger partial charge in [-0.05, 0) is 66.9 Å². The Bertz CT molecular complexity index is 1220. The summed E-state index contributed by atoms with van der Waals surface area (Å²) in [6.07, 6.45) is 3.65. The Morgan fingerprint density at radius 3 is 2.54 bits per heavy atom. The van der Waals surface area contributed by atoms with Crippen molar-refractivity contribution in [1.29, 1.82) is 0 Å². The maximum absolute atomic E-state index is 13.4. The Kier molecular flexibility index (Phi) is 3.64. The lowest BCUT2D eigenvalue weighted by molar-refractivity contribution is -0.121. The zero-order valence-electron chi connectivity index (χ0n) is 15.9. The zero-order chi connectivity index (χ0) is 19.5. The van der Waals surface area contributed by atoms with Crippen LogP contribution in [0.4, 0.5) is 11.4 Å². The summed E-state index contributed by atoms with van der Waals surface area (Å²) >= 11 is 1.69. The van der Waals surface area contributed by atoms with Crippen LogP contribution in [0.5, 0.6) is 0 Å². The Hall–Kier alpha value is -3.05. The van der Waals surface area contributed by atoms with E-state index in [2.05, 4.69) is 45.7 Å². The number of aryl methyl sites for hydroxylation is 1. The van der Waals surface area contributed by atoms with Crippen molar-refractivity contribution in [3.63, 3.8) is 0 Å². The van der Waals surface area contributed by atoms with Crippen molar-refractivity contribution < 1.29 is 4.79 Å². The highest BCUT2D eigenvalue weighted by Crippen LogP contribution is 2.47. The number of nitrogens with zero attached hydrogens (tertiary/aromatic N) is 3. The number of aromatic nitrogens is 2. The number of hydrogen-bond acceptors (Lipinski definition) is 4. The second kappa shape index (κ2) is 5.97. The second-order valence-corrected chi connectivity index (χ2v) is 8.61. The molecular weight excluding hydrogens is 366 g/mol. The molecule has 1 amide bonds. The van der Waals surface area contributed by atoms with E-state index in [0.29, 0.717) is 0 Å². The molecule has 138 valence electrons. The smallest absolute Gasteiger partial charge is 0.241 e. The number of benzene rings is 2. The first-order valence-electron chi connectivity index (χ1n) is 9.20. The van der Waals surface area contributed by atoms with Gasteiger partial charge in [0.05, 0.1) is 16.8 Å². The van der Waals surface area contributed by atoms with E-state index in [1.807, 2.05) is 50.2 Å². The Balaban J connectivity index is 1.68. The fourth-order valence-electron chi connectivity index (χ4n) is 3.81. The van der Waals surface area contributed by atoms with Crippen molar-refractivity contribution in [2.24, 2.45) is 0 Å². The van der Waals surface area contributed by atoms with Crippen LogP contribution in [0.2, 0.25) is 0 Å². The normalized spacial score (nSPS) is 15.2. The highest BCUT2D eigenvalue weighted by Gasteiger charge is 2.44. The maximum Gasteiger partial charge on any atom is 0.241 e. The average Bonchev–Trinajstić information content (AvgIpc) is 3.23. The molecule has 0 bridgehead atoms. The van der Waals surface area contributed by atoms with E-state index in [1.54, 1.807) is 11.3 Å². The molecule has 1 aliphatic rings. The van der Waals surface area contributed by atoms with E-state index >= 15 is 0 Å². The summed E-state index contributed by atoms with van der Waals surface area (Å²) in [4.78, 5) is 23.8. The Labute approximate surface area is 167 Å². The van der Waals surface area contributed by atoms with Crippen molar-refractivity contribution in [3.05, 3.63) is 71.6 Å². The molecule has 0 saturated carbocycles. The van der Waals surface area contributed by atoms with Crippen LogP contribution in [0.25, 0.3) is 21.2 Å². The highest BCUT2D eigenvalue weighted by atomic mass is 32.1. The molecule has 4 aromatic rings. The van der Waals surface area contributed by atoms with Crippen LogP contribution in [-0.4, -0.2) is 15.9 Å². The molecule has 2 aromatic carbocycles. The average molecular weight is 385 g/mol. The number of carbonyl (C=O) groups is 1. The number of hydrogen-bond donors (Lipinski definition) is 0. The van der Waals surface area contributed by atoms with Crippen LogP contribution >= 0.6 is 11.3 Å². The third-order valence-electron chi connectivity index (χ3n) is 5.46. The molecule has 1 aliphatic heterocycles. The minimum absolute atomic E-state index is 0.0933. The summed E-state index contributed by atoms with van der Waals surface area (Å²) in [5.41, 5.74) is 4.27. The van der Waals surface area contributed by atoms with Gasteiger partial charge < -0.3 is 0 Å². The van der Waals surface area contributed by atoms with Crippen molar-refractivity contribution in [1.82, 2.24) is 9.97 Å². The third-order valence-corrected chi connectivity index (χ3v) is 6.34. The van der Waals surface area contributed by atoms with Gasteiger partial charge in [-0.15, -0.1) is 11.3 Å². The Morgan fingerprint density at radius 2 is 1.75 bits per heavy atom. The van der Waals surface area contributed by atoms with Crippen LogP contribution < -0.4 is 4.90 Å². The van der Waals surface area contributed by atoms with E-state index in [4.69, 9.17) is 0 Å². The van der Waals surface area contributed by atoms with Gasteiger partial charge in [0.15, 0.2) is 0 Å². The zero-order valence-corrected chi connectivity index (χ0v) is 16.7. The first-order chi connectivity index (χ1) is 13.4. The van der Waals surface area contributed by atoms with Crippen LogP contribution in [0, 0.1) is 6.92 Å². The summed E-state index contributed by atoms with van der Waals surface area (Å²) in [5, 5.41) is 3.28. The number of amides is 1. The molecule has 0 radical (unpaired) electrons. The van der Waals surface area contributed by atoms with E-state index in [9.17, 15) is 4.79 Å². The molecule has 0 unspecified atom stereocenters. The first kappa shape index (κ1) is 17.1. The van der Waals surface area contributed by atoms with Gasteiger partial charge in [-0.1, -0.05) is 18.2 Å². The number of fused-ring (bicyclic) bond motifs is 2. The van der Waals surface area contributed by atoms with Gasteiger partial charge in [0, 0.05) is 22.7 Å². The number of carbonyl (C=O) groups excluding carboxylic acids is 1. The minimum atomic E-state index is -0.567. The second-order valence-electron chi connectivity index (χ2n) is 7.66. The van der Waals surface area contributed by atoms with Crippen LogP contribution in [0.15, 0.2) is 60.2 Å². The van der Waals surface area contributed by atoms with Gasteiger partial charge >= 0.3 is 0 Å². The largest absolute Gasteiger partial charge is 0.280 e. The lowest BCUT2D eigenvalue weighted by Crippen LogP contribution is -2.33. The molecule has 2 aromatic heterocycles. The van der Waals surface area contributed by atoms with Gasteiger partial charge in [-0.2, -0.15) is 0 Å². The fourth-order valence-corrected chi connectivity index (χ4v) is 4.63. The topological polar surface area (TPSA) is 46.1 Å². The molecule has 0 spiro atoms. The van der Waals surface area contributed by atoms with Gasteiger partial charge in [-0.3, -0.25) is 9.69 Å². The summed E-state index contributed by atoms with van der Waals surface area (Å²) in [7, 11) is 0. The van der Waals surface area contributed by atoms with E-state index in [0.717, 1.165) is 33.9 Å². The Morgan fingerprint density at radius 1 is 0.964 bits per heavy atom. The molecule has 0 aliphatic carbocycles. The molecule has 0 N–H and O–H groups in total. The summed E-state index contributed by atoms with van der Waals surface area (Å²) in [5.74, 6) is 0.836. The van der Waals surface area contributed by atoms with Gasteiger partial charge in [0.1, 0.15) is 5.82 Å². The van der Waals surface area contributed by atoms with Crippen molar-refractivity contribution in [2.45, 2.75) is 26.2 Å². The lowest BCUT2D eigenvalue weighted by atomic mass is 9.85. The van der Waals surface area contributed by atoms with E-state index in [-0.39, 0.29) is 5.91 Å². The molecule has 5 heteroatoms. The minimum Gasteiger partial charge on any atom is -0.280 e. The lowest BCUT2D eigenvalue weighted by Gasteiger charge is -2.20. The summed E-state index contributed by atoms with van der Waals surface area (Å²) in [6, 6.07) is 14.5. The monoisotopic (exact) mass is 385 g/mol. The molecule has 0 atom stereocenters. The molecule has 0 fully saturated rings. The number of rotatable bonds is 2. The number of anilines is 2. The molecule has 5 rings (SSSR count). The molecule has 3 heterocycles. The van der Waals surface area contributed by atoms with Crippen molar-refractivity contribution in [3.8, 4) is 11.1 Å². The van der Waals surface area contributed by atoms with Crippen molar-refractivity contribution >= 4 is 38.7 Å². The van der Waals surface area contributed by atoms with Crippen LogP contribution in [0.1, 0.15) is 25.2 Å². The standard InChI is InChI=1S/C23H19N3OS/c1-14-24-12-17(13-25-14)16-5-7-19-20(10-16)26(22(27)23(19,2)3)18-6-4-15-8-9-28-21(15)11-18/h4-13H,1-3H3. The molecular formula is C23H19N3OS. The maximum atomic E-state index is 13.4. The number of thiophene rings is 1. The summed E-state index contributed by atoms with van der Waals surface area (Å²) in [6.45, 7) is 5.86. The molecule has 4 nitrogen and oxygen atoms in total. The molecule has 0 saturated heterocycles. The van der Waals surface area contributed by atoms with Gasteiger partial charge in [0.25, 0.3) is 0 Å². The predicted molar refractivity (Wildman–Crippen MR) is 114 cm³/mol. The quantitative estimate of drug-likeness (QED) is 0.450. The van der Waals surface area contributed by atoms with Crippen LogP contribution in [0.3, 0.4) is 0 Å². The van der Waals surface area contributed by atoms with Crippen molar-refractivity contribution in [2.75, 3.05) is 4.90 Å². The van der Waals surface area contributed by atoms with Gasteiger partial charge in [0.2, 0.25) is 5.91 Å². The highest BCUT2D eigenvalue weighted by molar-refractivity contribution is 7.17. The molecule has 28 heavy (non-hydrogen) atoms. The fraction of sp³-hybridized carbons (Fsp3) is 0.174.